The second-order valence-corrected chi connectivity index (χ2v) is 3.58. The summed E-state index contributed by atoms with van der Waals surface area (Å²) in [6.07, 6.45) is 0.776. The van der Waals surface area contributed by atoms with Gasteiger partial charge in [-0.3, -0.25) is 10.1 Å². The lowest BCUT2D eigenvalue weighted by molar-refractivity contribution is -0.106. The minimum absolute atomic E-state index is 0. The Morgan fingerprint density at radius 3 is 2.56 bits per heavy atom. The molecular weight excluding hydrogens is 230 g/mol. The van der Waals surface area contributed by atoms with E-state index in [9.17, 15) is 9.90 Å². The second-order valence-electron chi connectivity index (χ2n) is 3.58. The highest BCUT2D eigenvalue weighted by atomic mass is 35.5. The smallest absolute Gasteiger partial charge is 0.165 e. The summed E-state index contributed by atoms with van der Waals surface area (Å²) in [5.74, 6) is 0. The van der Waals surface area contributed by atoms with E-state index >= 15 is 0 Å². The normalized spacial score (nSPS) is 24.6. The lowest BCUT2D eigenvalue weighted by atomic mass is 10.0. The van der Waals surface area contributed by atoms with E-state index < -0.39 is 5.72 Å². The predicted octanol–water partition coefficient (Wildman–Crippen LogP) is 0.686. The van der Waals surface area contributed by atoms with Gasteiger partial charge in [-0.2, -0.15) is 0 Å². The lowest BCUT2D eigenvalue weighted by Gasteiger charge is -2.33. The first-order valence-electron chi connectivity index (χ1n) is 4.85. The van der Waals surface area contributed by atoms with Gasteiger partial charge < -0.3 is 9.84 Å². The highest BCUT2D eigenvalue weighted by Crippen LogP contribution is 2.20. The fraction of sp³-hybridized carbons (Fsp3) is 0.364. The molecule has 0 amide bonds. The number of aldehydes is 1. The minimum Gasteiger partial charge on any atom is -0.375 e. The topological polar surface area (TPSA) is 58.6 Å². The molecule has 4 nitrogen and oxygen atoms in total. The van der Waals surface area contributed by atoms with Crippen LogP contribution in [0, 0.1) is 0 Å². The first-order chi connectivity index (χ1) is 7.24. The molecule has 88 valence electrons. The van der Waals surface area contributed by atoms with Crippen molar-refractivity contribution in [1.82, 2.24) is 5.32 Å². The maximum absolute atomic E-state index is 10.5. The zero-order chi connectivity index (χ0) is 10.7. The summed E-state index contributed by atoms with van der Waals surface area (Å²) in [5, 5.41) is 13.2. The molecule has 0 bridgehead atoms. The molecule has 1 fully saturated rings. The Labute approximate surface area is 100 Å². The average Bonchev–Trinajstić information content (AvgIpc) is 2.30. The number of ether oxygens (including phenoxy) is 1. The van der Waals surface area contributed by atoms with Crippen molar-refractivity contribution in [3.05, 3.63) is 35.4 Å². The van der Waals surface area contributed by atoms with Gasteiger partial charge in [0.1, 0.15) is 6.29 Å². The van der Waals surface area contributed by atoms with Crippen LogP contribution in [0.2, 0.25) is 0 Å². The summed E-state index contributed by atoms with van der Waals surface area (Å²) >= 11 is 0. The highest BCUT2D eigenvalue weighted by molar-refractivity contribution is 5.85. The first kappa shape index (κ1) is 13.1. The van der Waals surface area contributed by atoms with E-state index in [0.29, 0.717) is 24.3 Å². The summed E-state index contributed by atoms with van der Waals surface area (Å²) in [7, 11) is 0. The van der Waals surface area contributed by atoms with Crippen molar-refractivity contribution < 1.29 is 14.6 Å². The van der Waals surface area contributed by atoms with Crippen molar-refractivity contribution >= 4 is 18.7 Å². The van der Waals surface area contributed by atoms with E-state index in [1.54, 1.807) is 24.3 Å². The largest absolute Gasteiger partial charge is 0.375 e. The molecule has 0 saturated carbocycles. The van der Waals surface area contributed by atoms with Crippen LogP contribution in [0.1, 0.15) is 15.9 Å². The Hall–Kier alpha value is -0.940. The van der Waals surface area contributed by atoms with E-state index in [-0.39, 0.29) is 19.0 Å². The second kappa shape index (κ2) is 5.41. The molecule has 1 heterocycles. The van der Waals surface area contributed by atoms with Crippen molar-refractivity contribution in [3.8, 4) is 0 Å². The van der Waals surface area contributed by atoms with Gasteiger partial charge in [0.2, 0.25) is 0 Å². The van der Waals surface area contributed by atoms with Crippen LogP contribution >= 0.6 is 12.4 Å². The number of carbonyl (C=O) groups is 1. The first-order valence-corrected chi connectivity index (χ1v) is 4.85. The molecule has 1 aliphatic heterocycles. The maximum atomic E-state index is 10.5. The van der Waals surface area contributed by atoms with Crippen LogP contribution in [-0.2, 0) is 10.5 Å². The molecule has 2 rings (SSSR count). The van der Waals surface area contributed by atoms with Gasteiger partial charge in [-0.1, -0.05) is 24.3 Å². The lowest BCUT2D eigenvalue weighted by Crippen LogP contribution is -2.51. The Morgan fingerprint density at radius 1 is 1.38 bits per heavy atom. The van der Waals surface area contributed by atoms with Crippen molar-refractivity contribution in [1.29, 1.82) is 0 Å². The van der Waals surface area contributed by atoms with E-state index in [2.05, 4.69) is 5.32 Å². The standard InChI is InChI=1S/C11H13NO3.ClH/c13-7-9-1-3-10(4-2-9)11(14)8-15-6-5-12-11;/h1-4,7,12,14H,5-6,8H2;1H/t11-;/m1./s1. The number of hydrogen-bond acceptors (Lipinski definition) is 4. The minimum atomic E-state index is -1.13. The number of carbonyl (C=O) groups excluding carboxylic acids is 1. The molecule has 0 radical (unpaired) electrons. The van der Waals surface area contributed by atoms with Gasteiger partial charge in [0.25, 0.3) is 0 Å². The van der Waals surface area contributed by atoms with E-state index in [1.807, 2.05) is 0 Å². The Morgan fingerprint density at radius 2 is 2.06 bits per heavy atom. The van der Waals surface area contributed by atoms with Crippen LogP contribution in [0.4, 0.5) is 0 Å². The number of hydrogen-bond donors (Lipinski definition) is 2. The predicted molar refractivity (Wildman–Crippen MR) is 61.8 cm³/mol. The number of nitrogens with one attached hydrogen (secondary N) is 1. The van der Waals surface area contributed by atoms with E-state index in [1.165, 1.54) is 0 Å². The van der Waals surface area contributed by atoms with Crippen LogP contribution in [0.5, 0.6) is 0 Å². The van der Waals surface area contributed by atoms with E-state index in [0.717, 1.165) is 6.29 Å². The van der Waals surface area contributed by atoms with Crippen molar-refractivity contribution in [2.75, 3.05) is 19.8 Å². The summed E-state index contributed by atoms with van der Waals surface area (Å²) < 4.78 is 5.21. The van der Waals surface area contributed by atoms with Gasteiger partial charge in [-0.15, -0.1) is 12.4 Å². The van der Waals surface area contributed by atoms with Gasteiger partial charge in [-0.05, 0) is 0 Å². The molecule has 0 unspecified atom stereocenters. The van der Waals surface area contributed by atoms with Crippen molar-refractivity contribution in [2.45, 2.75) is 5.72 Å². The number of halogens is 1. The molecule has 0 spiro atoms. The van der Waals surface area contributed by atoms with Gasteiger partial charge in [0.05, 0.1) is 13.2 Å². The van der Waals surface area contributed by atoms with Gasteiger partial charge in [0.15, 0.2) is 5.72 Å². The SMILES string of the molecule is Cl.O=Cc1ccc([C@]2(O)COCCN2)cc1. The molecule has 5 heteroatoms. The Kier molecular flexibility index (Phi) is 4.44. The third-order valence-corrected chi connectivity index (χ3v) is 2.50. The Bertz CT molecular complexity index is 347. The van der Waals surface area contributed by atoms with Crippen LogP contribution in [0.15, 0.2) is 24.3 Å². The third-order valence-electron chi connectivity index (χ3n) is 2.50. The van der Waals surface area contributed by atoms with Crippen LogP contribution in [0.25, 0.3) is 0 Å². The maximum Gasteiger partial charge on any atom is 0.165 e. The quantitative estimate of drug-likeness (QED) is 0.751. The summed E-state index contributed by atoms with van der Waals surface area (Å²) in [6.45, 7) is 1.45. The van der Waals surface area contributed by atoms with Gasteiger partial charge in [0, 0.05) is 17.7 Å². The number of rotatable bonds is 2. The van der Waals surface area contributed by atoms with Crippen LogP contribution < -0.4 is 5.32 Å². The molecule has 1 aromatic carbocycles. The molecule has 2 N–H and O–H groups in total. The van der Waals surface area contributed by atoms with Crippen LogP contribution in [-0.4, -0.2) is 31.2 Å². The van der Waals surface area contributed by atoms with Crippen molar-refractivity contribution in [2.24, 2.45) is 0 Å². The van der Waals surface area contributed by atoms with Crippen LogP contribution in [0.3, 0.4) is 0 Å². The summed E-state index contributed by atoms with van der Waals surface area (Å²) in [4.78, 5) is 10.5. The van der Waals surface area contributed by atoms with Crippen molar-refractivity contribution in [3.63, 3.8) is 0 Å². The van der Waals surface area contributed by atoms with E-state index in [4.69, 9.17) is 4.74 Å². The highest BCUT2D eigenvalue weighted by Gasteiger charge is 2.31. The summed E-state index contributed by atoms with van der Waals surface area (Å²) in [6, 6.07) is 6.81. The molecule has 16 heavy (non-hydrogen) atoms. The molecule has 1 saturated heterocycles. The van der Waals surface area contributed by atoms with Gasteiger partial charge >= 0.3 is 0 Å². The monoisotopic (exact) mass is 243 g/mol. The molecule has 0 aliphatic carbocycles. The fourth-order valence-corrected chi connectivity index (χ4v) is 1.62. The molecule has 1 aromatic rings. The third kappa shape index (κ3) is 2.59. The molecular formula is C11H14ClNO3. The molecule has 1 aliphatic rings. The zero-order valence-corrected chi connectivity index (χ0v) is 9.50. The fourth-order valence-electron chi connectivity index (χ4n) is 1.62. The number of morpholine rings is 1. The zero-order valence-electron chi connectivity index (χ0n) is 8.68. The van der Waals surface area contributed by atoms with Gasteiger partial charge in [-0.25, -0.2) is 0 Å². The summed E-state index contributed by atoms with van der Waals surface area (Å²) in [5.41, 5.74) is 0.187. The molecule has 0 aromatic heterocycles. The number of benzene rings is 1. The number of aliphatic hydroxyl groups is 1. The average molecular weight is 244 g/mol. The Balaban J connectivity index is 0.00000128. The molecule has 1 atom stereocenters.